The molecule has 0 aliphatic rings. The molecule has 0 saturated heterocycles. The summed E-state index contributed by atoms with van der Waals surface area (Å²) in [4.78, 5) is 11.8. The van der Waals surface area contributed by atoms with Gasteiger partial charge >= 0.3 is 6.16 Å². The molecule has 0 aliphatic carbocycles. The third-order valence-corrected chi connectivity index (χ3v) is 6.36. The van der Waals surface area contributed by atoms with Crippen molar-refractivity contribution in [2.75, 3.05) is 21.3 Å². The van der Waals surface area contributed by atoms with E-state index in [1.165, 1.54) is 33.5 Å². The van der Waals surface area contributed by atoms with Gasteiger partial charge in [-0.15, -0.1) is 0 Å². The Bertz CT molecular complexity index is 1610. The lowest BCUT2D eigenvalue weighted by Gasteiger charge is -2.12. The number of carbonyl (C=O) groups is 1. The fourth-order valence-corrected chi connectivity index (χ4v) is 4.72. The highest BCUT2D eigenvalue weighted by molar-refractivity contribution is 7.00. The van der Waals surface area contributed by atoms with Crippen molar-refractivity contribution in [3.05, 3.63) is 59.9 Å². The number of carboxylic acid groups (broad SMARTS) is 1. The molecule has 184 valence electrons. The van der Waals surface area contributed by atoms with E-state index in [9.17, 15) is 14.3 Å². The van der Waals surface area contributed by atoms with Crippen molar-refractivity contribution in [3.63, 3.8) is 0 Å². The number of benzene rings is 3. The molecule has 9 nitrogen and oxygen atoms in total. The summed E-state index contributed by atoms with van der Waals surface area (Å²) < 4.78 is 46.3. The number of ether oxygens (including phenoxy) is 4. The highest BCUT2D eigenvalue weighted by Gasteiger charge is 2.25. The van der Waals surface area contributed by atoms with E-state index in [-0.39, 0.29) is 18.2 Å². The quantitative estimate of drug-likeness (QED) is 0.284. The molecule has 3 aromatic carbocycles. The van der Waals surface area contributed by atoms with Crippen LogP contribution in [0.25, 0.3) is 33.1 Å². The number of nitrogens with zero attached hydrogens (tertiary/aromatic N) is 3. The monoisotopic (exact) mass is 509 g/mol. The van der Waals surface area contributed by atoms with Crippen LogP contribution in [0.1, 0.15) is 5.56 Å². The molecular weight excluding hydrogens is 489 g/mol. The summed E-state index contributed by atoms with van der Waals surface area (Å²) in [5.41, 5.74) is 3.72. The van der Waals surface area contributed by atoms with Crippen LogP contribution < -0.4 is 18.9 Å². The molecule has 0 radical (unpaired) electrons. The molecule has 0 atom stereocenters. The normalized spacial score (nSPS) is 11.1. The minimum absolute atomic E-state index is 0.0221. The van der Waals surface area contributed by atoms with Gasteiger partial charge in [-0.2, -0.15) is 8.75 Å². The van der Waals surface area contributed by atoms with Gasteiger partial charge in [-0.1, -0.05) is 12.1 Å². The molecule has 0 saturated carbocycles. The first-order chi connectivity index (χ1) is 17.4. The van der Waals surface area contributed by atoms with Crippen molar-refractivity contribution in [2.24, 2.45) is 0 Å². The Morgan fingerprint density at radius 3 is 2.36 bits per heavy atom. The van der Waals surface area contributed by atoms with Gasteiger partial charge in [0.2, 0.25) is 5.88 Å². The average Bonchev–Trinajstić information content (AvgIpc) is 3.45. The van der Waals surface area contributed by atoms with E-state index in [0.29, 0.717) is 33.5 Å². The number of fused-ring (bicyclic) bond motifs is 2. The summed E-state index contributed by atoms with van der Waals surface area (Å²) in [5.74, 6) is 0.354. The predicted octanol–water partition coefficient (Wildman–Crippen LogP) is 5.58. The summed E-state index contributed by atoms with van der Waals surface area (Å²) in [6.45, 7) is 0.237. The summed E-state index contributed by atoms with van der Waals surface area (Å²) in [5, 5.41) is 10.2. The van der Waals surface area contributed by atoms with Crippen LogP contribution in [0.15, 0.2) is 48.5 Å². The summed E-state index contributed by atoms with van der Waals surface area (Å²) in [6.07, 6.45) is -1.51. The number of hydrogen-bond donors (Lipinski definition) is 1. The Labute approximate surface area is 208 Å². The minimum Gasteiger partial charge on any atom is -0.494 e. The lowest BCUT2D eigenvalue weighted by Crippen LogP contribution is -2.10. The standard InChI is InChI=1S/C25H20FN3O6S/c1-32-20-7-5-14(9-16(20)26)23-15-10-21(33-2)22(34-3)11-19(15)29(24(23)35-25(30)31)12-13-4-6-17-18(8-13)28-36-27-17/h4-11H,12H2,1-3H3,(H,30,31). The van der Waals surface area contributed by atoms with E-state index in [4.69, 9.17) is 18.9 Å². The van der Waals surface area contributed by atoms with Gasteiger partial charge in [-0.3, -0.25) is 0 Å². The Kier molecular flexibility index (Phi) is 6.06. The van der Waals surface area contributed by atoms with Gasteiger partial charge in [0.25, 0.3) is 0 Å². The molecule has 1 N–H and O–H groups in total. The second kappa shape index (κ2) is 9.34. The van der Waals surface area contributed by atoms with Crippen LogP contribution in [0.2, 0.25) is 0 Å². The van der Waals surface area contributed by atoms with Gasteiger partial charge < -0.3 is 28.6 Å². The minimum atomic E-state index is -1.51. The molecule has 0 unspecified atom stereocenters. The Hall–Kier alpha value is -4.38. The number of hydrogen-bond acceptors (Lipinski definition) is 8. The van der Waals surface area contributed by atoms with Crippen molar-refractivity contribution < 1.29 is 33.2 Å². The zero-order valence-corrected chi connectivity index (χ0v) is 20.3. The maximum absolute atomic E-state index is 14.7. The van der Waals surface area contributed by atoms with Gasteiger partial charge in [0, 0.05) is 11.5 Å². The van der Waals surface area contributed by atoms with Gasteiger partial charge in [0.05, 0.1) is 50.7 Å². The Morgan fingerprint density at radius 2 is 1.67 bits per heavy atom. The molecular formula is C25H20FN3O6S. The maximum Gasteiger partial charge on any atom is 0.512 e. The van der Waals surface area contributed by atoms with Crippen molar-refractivity contribution in [1.82, 2.24) is 13.3 Å². The molecule has 0 spiro atoms. The van der Waals surface area contributed by atoms with Gasteiger partial charge in [-0.25, -0.2) is 9.18 Å². The third-order valence-electron chi connectivity index (χ3n) is 5.80. The highest BCUT2D eigenvalue weighted by atomic mass is 32.1. The van der Waals surface area contributed by atoms with Crippen LogP contribution in [0.4, 0.5) is 9.18 Å². The van der Waals surface area contributed by atoms with E-state index in [1.54, 1.807) is 22.8 Å². The fourth-order valence-electron chi connectivity index (χ4n) is 4.21. The molecule has 5 rings (SSSR count). The number of methoxy groups -OCH3 is 3. The second-order valence-corrected chi connectivity index (χ2v) is 8.32. The molecule has 0 fully saturated rings. The molecule has 0 aliphatic heterocycles. The fraction of sp³-hybridized carbons (Fsp3) is 0.160. The molecule has 2 aromatic heterocycles. The molecule has 2 heterocycles. The SMILES string of the molecule is COc1ccc(-c2c(OC(=O)O)n(Cc3ccc4nsnc4c3)c3cc(OC)c(OC)cc23)cc1F. The highest BCUT2D eigenvalue weighted by Crippen LogP contribution is 2.45. The van der Waals surface area contributed by atoms with Gasteiger partial charge in [-0.05, 0) is 41.5 Å². The molecule has 36 heavy (non-hydrogen) atoms. The third kappa shape index (κ3) is 4.03. The van der Waals surface area contributed by atoms with Crippen molar-refractivity contribution in [1.29, 1.82) is 0 Å². The van der Waals surface area contributed by atoms with Crippen LogP contribution in [-0.2, 0) is 6.54 Å². The van der Waals surface area contributed by atoms with E-state index >= 15 is 0 Å². The zero-order chi connectivity index (χ0) is 25.4. The van der Waals surface area contributed by atoms with Crippen molar-refractivity contribution in [3.8, 4) is 34.3 Å². The van der Waals surface area contributed by atoms with E-state index in [2.05, 4.69) is 8.75 Å². The van der Waals surface area contributed by atoms with Crippen molar-refractivity contribution in [2.45, 2.75) is 6.54 Å². The van der Waals surface area contributed by atoms with E-state index in [1.807, 2.05) is 18.2 Å². The first-order valence-electron chi connectivity index (χ1n) is 10.7. The average molecular weight is 510 g/mol. The summed E-state index contributed by atoms with van der Waals surface area (Å²) >= 11 is 1.11. The van der Waals surface area contributed by atoms with Gasteiger partial charge in [0.1, 0.15) is 11.0 Å². The predicted molar refractivity (Wildman–Crippen MR) is 132 cm³/mol. The smallest absolute Gasteiger partial charge is 0.494 e. The Morgan fingerprint density at radius 1 is 0.944 bits per heavy atom. The van der Waals surface area contributed by atoms with E-state index < -0.39 is 12.0 Å². The Balaban J connectivity index is 1.81. The van der Waals surface area contributed by atoms with Crippen LogP contribution in [0, 0.1) is 5.82 Å². The lowest BCUT2D eigenvalue weighted by molar-refractivity contribution is 0.141. The number of rotatable bonds is 7. The van der Waals surface area contributed by atoms with E-state index in [0.717, 1.165) is 28.3 Å². The van der Waals surface area contributed by atoms with Crippen LogP contribution in [0.3, 0.4) is 0 Å². The first kappa shape index (κ1) is 23.4. The summed E-state index contributed by atoms with van der Waals surface area (Å²) in [7, 11) is 4.38. The largest absolute Gasteiger partial charge is 0.512 e. The van der Waals surface area contributed by atoms with Crippen LogP contribution in [-0.4, -0.2) is 45.9 Å². The zero-order valence-electron chi connectivity index (χ0n) is 19.4. The topological polar surface area (TPSA) is 105 Å². The number of aromatic nitrogens is 3. The summed E-state index contributed by atoms with van der Waals surface area (Å²) in [6, 6.07) is 13.4. The maximum atomic E-state index is 14.7. The van der Waals surface area contributed by atoms with Gasteiger partial charge in [0.15, 0.2) is 23.1 Å². The van der Waals surface area contributed by atoms with Crippen molar-refractivity contribution >= 4 is 39.8 Å². The van der Waals surface area contributed by atoms with Crippen LogP contribution in [0.5, 0.6) is 23.1 Å². The molecule has 11 heteroatoms. The number of halogens is 1. The molecule has 0 amide bonds. The molecule has 5 aromatic rings. The van der Waals surface area contributed by atoms with Crippen LogP contribution >= 0.6 is 11.7 Å². The molecule has 0 bridgehead atoms. The second-order valence-electron chi connectivity index (χ2n) is 7.80. The first-order valence-corrected chi connectivity index (χ1v) is 11.4. The lowest BCUT2D eigenvalue weighted by atomic mass is 10.0.